The molecule has 1 heterocycles. The Hall–Kier alpha value is -3.08. The van der Waals surface area contributed by atoms with Gasteiger partial charge in [-0.3, -0.25) is 4.79 Å². The maximum Gasteiger partial charge on any atom is 0.328 e. The average Bonchev–Trinajstić information content (AvgIpc) is 3.33. The molecular weight excluding hydrogens is 366 g/mol. The molecular formula is C24H25NO4. The Labute approximate surface area is 170 Å². The maximum atomic E-state index is 12.7. The molecule has 5 heteroatoms. The lowest BCUT2D eigenvalue weighted by Crippen LogP contribution is -2.44. The molecule has 1 amide bonds. The number of carbonyl (C=O) groups excluding carboxylic acids is 2. The second-order valence-corrected chi connectivity index (χ2v) is 7.47. The van der Waals surface area contributed by atoms with Crippen molar-refractivity contribution in [2.75, 3.05) is 6.61 Å². The molecule has 5 nitrogen and oxygen atoms in total. The van der Waals surface area contributed by atoms with E-state index in [0.29, 0.717) is 6.42 Å². The van der Waals surface area contributed by atoms with Crippen LogP contribution in [0.5, 0.6) is 0 Å². The summed E-state index contributed by atoms with van der Waals surface area (Å²) in [6, 6.07) is 13.1. The molecule has 0 fully saturated rings. The first kappa shape index (κ1) is 19.2. The first-order valence-corrected chi connectivity index (χ1v) is 10.2. The monoisotopic (exact) mass is 391 g/mol. The van der Waals surface area contributed by atoms with Crippen LogP contribution in [-0.2, 0) is 40.0 Å². The Morgan fingerprint density at radius 3 is 2.66 bits per heavy atom. The number of esters is 1. The number of benzene rings is 2. The van der Waals surface area contributed by atoms with Gasteiger partial charge in [0.05, 0.1) is 19.3 Å². The van der Waals surface area contributed by atoms with E-state index in [-0.39, 0.29) is 18.9 Å². The van der Waals surface area contributed by atoms with Crippen LogP contribution in [0.1, 0.15) is 35.6 Å². The maximum absolute atomic E-state index is 12.7. The number of amides is 1. The van der Waals surface area contributed by atoms with E-state index < -0.39 is 12.0 Å². The van der Waals surface area contributed by atoms with Crippen LogP contribution < -0.4 is 5.32 Å². The van der Waals surface area contributed by atoms with Crippen molar-refractivity contribution in [3.8, 4) is 0 Å². The SMILES string of the molecule is CCOC(=O)[C@@H](Cc1ccccc1)NC(=O)Cc1coc2cc3c(cc12)CCC3. The minimum absolute atomic E-state index is 0.163. The van der Waals surface area contributed by atoms with Crippen LogP contribution in [0.2, 0.25) is 0 Å². The topological polar surface area (TPSA) is 68.5 Å². The first-order valence-electron chi connectivity index (χ1n) is 10.2. The number of carbonyl (C=O) groups is 2. The van der Waals surface area contributed by atoms with Gasteiger partial charge in [0.1, 0.15) is 11.6 Å². The molecule has 0 bridgehead atoms. The molecule has 150 valence electrons. The molecule has 29 heavy (non-hydrogen) atoms. The smallest absolute Gasteiger partial charge is 0.328 e. The van der Waals surface area contributed by atoms with Gasteiger partial charge in [-0.25, -0.2) is 4.79 Å². The lowest BCUT2D eigenvalue weighted by Gasteiger charge is -2.17. The minimum Gasteiger partial charge on any atom is -0.464 e. The molecule has 1 atom stereocenters. The predicted octanol–water partition coefficient (Wildman–Crippen LogP) is 3.75. The summed E-state index contributed by atoms with van der Waals surface area (Å²) >= 11 is 0. The van der Waals surface area contributed by atoms with E-state index in [1.165, 1.54) is 17.5 Å². The third-order valence-corrected chi connectivity index (χ3v) is 5.41. The molecule has 1 N–H and O–H groups in total. The zero-order valence-electron chi connectivity index (χ0n) is 16.6. The van der Waals surface area contributed by atoms with Crippen molar-refractivity contribution in [1.82, 2.24) is 5.32 Å². The lowest BCUT2D eigenvalue weighted by molar-refractivity contribution is -0.147. The highest BCUT2D eigenvalue weighted by Crippen LogP contribution is 2.30. The quantitative estimate of drug-likeness (QED) is 0.623. The van der Waals surface area contributed by atoms with Crippen LogP contribution >= 0.6 is 0 Å². The number of ether oxygens (including phenoxy) is 1. The fraction of sp³-hybridized carbons (Fsp3) is 0.333. The fourth-order valence-electron chi connectivity index (χ4n) is 3.99. The Bertz CT molecular complexity index is 1020. The van der Waals surface area contributed by atoms with Gasteiger partial charge in [-0.15, -0.1) is 0 Å². The van der Waals surface area contributed by atoms with Crippen LogP contribution in [0.25, 0.3) is 11.0 Å². The molecule has 3 aromatic rings. The van der Waals surface area contributed by atoms with Crippen LogP contribution in [0.4, 0.5) is 0 Å². The molecule has 1 aliphatic carbocycles. The van der Waals surface area contributed by atoms with Crippen molar-refractivity contribution in [2.45, 2.75) is 45.1 Å². The Morgan fingerprint density at radius 1 is 1.14 bits per heavy atom. The van der Waals surface area contributed by atoms with Crippen molar-refractivity contribution in [2.24, 2.45) is 0 Å². The summed E-state index contributed by atoms with van der Waals surface area (Å²) in [5.41, 5.74) is 5.31. The molecule has 0 spiro atoms. The Balaban J connectivity index is 1.49. The minimum atomic E-state index is -0.715. The van der Waals surface area contributed by atoms with Crippen LogP contribution in [0.3, 0.4) is 0 Å². The zero-order chi connectivity index (χ0) is 20.2. The molecule has 4 rings (SSSR count). The van der Waals surface area contributed by atoms with Gasteiger partial charge in [0.15, 0.2) is 0 Å². The molecule has 0 aliphatic heterocycles. The number of hydrogen-bond acceptors (Lipinski definition) is 4. The number of rotatable bonds is 7. The molecule has 0 radical (unpaired) electrons. The normalized spacial score (nSPS) is 13.8. The number of aryl methyl sites for hydroxylation is 2. The van der Waals surface area contributed by atoms with Crippen molar-refractivity contribution < 1.29 is 18.7 Å². The molecule has 0 saturated carbocycles. The number of nitrogens with one attached hydrogen (secondary N) is 1. The first-order chi connectivity index (χ1) is 14.1. The lowest BCUT2D eigenvalue weighted by atomic mass is 10.0. The standard InChI is InChI=1S/C24H25NO4/c1-2-28-24(27)21(11-16-7-4-3-5-8-16)25-23(26)14-19-15-29-22-13-18-10-6-9-17(18)12-20(19)22/h3-5,7-8,12-13,15,21H,2,6,9-11,14H2,1H3,(H,25,26)/t21-/m1/s1. The van der Waals surface area contributed by atoms with Gasteiger partial charge in [-0.2, -0.15) is 0 Å². The summed E-state index contributed by atoms with van der Waals surface area (Å²) < 4.78 is 10.9. The second kappa shape index (κ2) is 8.52. The summed E-state index contributed by atoms with van der Waals surface area (Å²) in [6.45, 7) is 2.03. The van der Waals surface area contributed by atoms with Gasteiger partial charge < -0.3 is 14.5 Å². The summed E-state index contributed by atoms with van der Waals surface area (Å²) in [4.78, 5) is 25.1. The second-order valence-electron chi connectivity index (χ2n) is 7.47. The van der Waals surface area contributed by atoms with E-state index in [1.807, 2.05) is 30.3 Å². The van der Waals surface area contributed by atoms with E-state index in [1.54, 1.807) is 13.2 Å². The van der Waals surface area contributed by atoms with Gasteiger partial charge in [0, 0.05) is 17.4 Å². The van der Waals surface area contributed by atoms with Gasteiger partial charge >= 0.3 is 5.97 Å². The fourth-order valence-corrected chi connectivity index (χ4v) is 3.99. The van der Waals surface area contributed by atoms with Gasteiger partial charge in [-0.1, -0.05) is 30.3 Å². The molecule has 2 aromatic carbocycles. The number of fused-ring (bicyclic) bond motifs is 2. The van der Waals surface area contributed by atoms with E-state index in [9.17, 15) is 9.59 Å². The Morgan fingerprint density at radius 2 is 1.90 bits per heavy atom. The highest BCUT2D eigenvalue weighted by Gasteiger charge is 2.23. The third-order valence-electron chi connectivity index (χ3n) is 5.41. The van der Waals surface area contributed by atoms with Crippen molar-refractivity contribution in [3.05, 3.63) is 71.0 Å². The summed E-state index contributed by atoms with van der Waals surface area (Å²) in [6.07, 6.45) is 5.53. The van der Waals surface area contributed by atoms with Crippen molar-refractivity contribution in [3.63, 3.8) is 0 Å². The molecule has 0 unspecified atom stereocenters. The Kier molecular flexibility index (Phi) is 5.65. The number of furan rings is 1. The van der Waals surface area contributed by atoms with E-state index >= 15 is 0 Å². The molecule has 0 saturated heterocycles. The van der Waals surface area contributed by atoms with Crippen LogP contribution in [0.15, 0.2) is 53.1 Å². The predicted molar refractivity (Wildman–Crippen MR) is 111 cm³/mol. The zero-order valence-corrected chi connectivity index (χ0v) is 16.6. The van der Waals surface area contributed by atoms with E-state index in [2.05, 4.69) is 17.4 Å². The van der Waals surface area contributed by atoms with Crippen LogP contribution in [-0.4, -0.2) is 24.5 Å². The van der Waals surface area contributed by atoms with Gasteiger partial charge in [-0.05, 0) is 55.0 Å². The van der Waals surface area contributed by atoms with E-state index in [4.69, 9.17) is 9.15 Å². The summed E-state index contributed by atoms with van der Waals surface area (Å²) in [5.74, 6) is -0.637. The number of hydrogen-bond donors (Lipinski definition) is 1. The van der Waals surface area contributed by atoms with Gasteiger partial charge in [0.2, 0.25) is 5.91 Å². The average molecular weight is 391 g/mol. The van der Waals surface area contributed by atoms with Crippen LogP contribution in [0, 0.1) is 0 Å². The third kappa shape index (κ3) is 4.34. The van der Waals surface area contributed by atoms with Crippen molar-refractivity contribution in [1.29, 1.82) is 0 Å². The largest absolute Gasteiger partial charge is 0.464 e. The van der Waals surface area contributed by atoms with Gasteiger partial charge in [0.25, 0.3) is 0 Å². The van der Waals surface area contributed by atoms with Crippen molar-refractivity contribution >= 4 is 22.8 Å². The highest BCUT2D eigenvalue weighted by molar-refractivity contribution is 5.90. The highest BCUT2D eigenvalue weighted by atomic mass is 16.5. The van der Waals surface area contributed by atoms with E-state index in [0.717, 1.165) is 34.9 Å². The summed E-state index contributed by atoms with van der Waals surface area (Å²) in [5, 5.41) is 3.83. The molecule has 1 aromatic heterocycles. The molecule has 1 aliphatic rings. The summed E-state index contributed by atoms with van der Waals surface area (Å²) in [7, 11) is 0.